The molecule has 2 heterocycles. The third-order valence-corrected chi connectivity index (χ3v) is 5.86. The summed E-state index contributed by atoms with van der Waals surface area (Å²) in [6.07, 6.45) is 0.839. The van der Waals surface area contributed by atoms with Gasteiger partial charge >= 0.3 is 0 Å². The first-order valence-corrected chi connectivity index (χ1v) is 12.3. The van der Waals surface area contributed by atoms with E-state index >= 15 is 0 Å². The van der Waals surface area contributed by atoms with Crippen molar-refractivity contribution < 1.29 is 28.5 Å². The van der Waals surface area contributed by atoms with Gasteiger partial charge in [-0.1, -0.05) is 13.8 Å². The number of hydrogen-bond donors (Lipinski definition) is 1. The van der Waals surface area contributed by atoms with Crippen LogP contribution in [0.15, 0.2) is 36.4 Å². The fourth-order valence-corrected chi connectivity index (χ4v) is 3.83. The lowest BCUT2D eigenvalue weighted by molar-refractivity contribution is -0.124. The normalized spacial score (nSPS) is 12.2. The Bertz CT molecular complexity index is 1280. The van der Waals surface area contributed by atoms with Crippen LogP contribution < -0.4 is 29.2 Å². The Morgan fingerprint density at radius 3 is 2.55 bits per heavy atom. The molecule has 38 heavy (non-hydrogen) atoms. The lowest BCUT2D eigenvalue weighted by Crippen LogP contribution is -2.43. The molecule has 0 saturated carbocycles. The Hall–Kier alpha value is -4.35. The maximum absolute atomic E-state index is 13.4. The van der Waals surface area contributed by atoms with Gasteiger partial charge in [-0.2, -0.15) is 4.80 Å². The van der Waals surface area contributed by atoms with Gasteiger partial charge in [0.05, 0.1) is 14.2 Å². The molecule has 12 heteroatoms. The minimum absolute atomic E-state index is 0.173. The molecule has 0 atom stereocenters. The van der Waals surface area contributed by atoms with Crippen molar-refractivity contribution >= 4 is 17.5 Å². The van der Waals surface area contributed by atoms with Gasteiger partial charge in [0.1, 0.15) is 26.3 Å². The van der Waals surface area contributed by atoms with Crippen LogP contribution in [0, 0.1) is 5.92 Å². The molecule has 12 nitrogen and oxygen atoms in total. The number of methoxy groups -OCH3 is 2. The summed E-state index contributed by atoms with van der Waals surface area (Å²) < 4.78 is 21.9. The summed E-state index contributed by atoms with van der Waals surface area (Å²) in [5.41, 5.74) is 1.15. The van der Waals surface area contributed by atoms with Crippen LogP contribution in [0.1, 0.15) is 20.3 Å². The first kappa shape index (κ1) is 26.7. The smallest absolute Gasteiger partial charge is 0.251 e. The van der Waals surface area contributed by atoms with Crippen LogP contribution in [0.5, 0.6) is 23.0 Å². The monoisotopic (exact) mass is 524 g/mol. The highest BCUT2D eigenvalue weighted by molar-refractivity contribution is 5.98. The van der Waals surface area contributed by atoms with Crippen molar-refractivity contribution in [1.29, 1.82) is 0 Å². The van der Waals surface area contributed by atoms with Gasteiger partial charge in [0.25, 0.3) is 5.91 Å². The van der Waals surface area contributed by atoms with Crippen molar-refractivity contribution in [2.24, 2.45) is 5.92 Å². The Morgan fingerprint density at radius 2 is 1.82 bits per heavy atom. The van der Waals surface area contributed by atoms with Crippen LogP contribution >= 0.6 is 0 Å². The zero-order valence-corrected chi connectivity index (χ0v) is 22.0. The van der Waals surface area contributed by atoms with E-state index in [1.807, 2.05) is 0 Å². The second-order valence-corrected chi connectivity index (χ2v) is 9.05. The number of amides is 2. The van der Waals surface area contributed by atoms with Gasteiger partial charge in [-0.05, 0) is 47.9 Å². The summed E-state index contributed by atoms with van der Waals surface area (Å²) in [6, 6.07) is 10.4. The molecule has 0 saturated heterocycles. The average molecular weight is 525 g/mol. The fraction of sp³-hybridized carbons (Fsp3) is 0.423. The predicted molar refractivity (Wildman–Crippen MR) is 139 cm³/mol. The van der Waals surface area contributed by atoms with E-state index in [4.69, 9.17) is 18.9 Å². The number of carbonyl (C=O) groups excluding carboxylic acids is 2. The predicted octanol–water partition coefficient (Wildman–Crippen LogP) is 2.32. The van der Waals surface area contributed by atoms with Gasteiger partial charge in [-0.3, -0.25) is 9.59 Å². The SMILES string of the molecule is COc1ccc(-c2nnn(CC(=O)N(CC(=O)NCCC(C)C)c3ccc4c(c3)OCCO4)n2)cc1OC. The van der Waals surface area contributed by atoms with Crippen LogP contribution in [0.2, 0.25) is 0 Å². The van der Waals surface area contributed by atoms with Crippen LogP contribution in [-0.2, 0) is 16.1 Å². The maximum atomic E-state index is 13.4. The molecular weight excluding hydrogens is 492 g/mol. The Labute approximate surface area is 220 Å². The fourth-order valence-electron chi connectivity index (χ4n) is 3.83. The third-order valence-electron chi connectivity index (χ3n) is 5.86. The first-order chi connectivity index (χ1) is 18.4. The highest BCUT2D eigenvalue weighted by Gasteiger charge is 2.23. The molecule has 4 rings (SSSR count). The number of aromatic nitrogens is 4. The van der Waals surface area contributed by atoms with Gasteiger partial charge < -0.3 is 29.2 Å². The van der Waals surface area contributed by atoms with E-state index in [1.54, 1.807) is 43.5 Å². The third kappa shape index (κ3) is 6.50. The molecule has 1 aromatic heterocycles. The molecule has 0 spiro atoms. The second-order valence-electron chi connectivity index (χ2n) is 9.05. The maximum Gasteiger partial charge on any atom is 0.251 e. The summed E-state index contributed by atoms with van der Waals surface area (Å²) in [7, 11) is 3.09. The molecule has 1 N–H and O–H groups in total. The van der Waals surface area contributed by atoms with Gasteiger partial charge in [-0.15, -0.1) is 10.2 Å². The van der Waals surface area contributed by atoms with E-state index < -0.39 is 5.91 Å². The van der Waals surface area contributed by atoms with Gasteiger partial charge in [0.2, 0.25) is 11.7 Å². The molecule has 0 unspecified atom stereocenters. The van der Waals surface area contributed by atoms with Gasteiger partial charge in [0.15, 0.2) is 23.0 Å². The number of carbonyl (C=O) groups is 2. The topological polar surface area (TPSA) is 130 Å². The van der Waals surface area contributed by atoms with Crippen LogP contribution in [0.25, 0.3) is 11.4 Å². The van der Waals surface area contributed by atoms with E-state index in [0.717, 1.165) is 6.42 Å². The van der Waals surface area contributed by atoms with Gasteiger partial charge in [0, 0.05) is 23.9 Å². The molecule has 0 radical (unpaired) electrons. The van der Waals surface area contributed by atoms with E-state index in [2.05, 4.69) is 34.6 Å². The molecule has 2 amide bonds. The van der Waals surface area contributed by atoms with Gasteiger partial charge in [-0.25, -0.2) is 0 Å². The number of benzene rings is 2. The molecule has 0 aliphatic carbocycles. The quantitative estimate of drug-likeness (QED) is 0.402. The first-order valence-electron chi connectivity index (χ1n) is 12.3. The summed E-state index contributed by atoms with van der Waals surface area (Å²) in [5.74, 6) is 2.29. The number of fused-ring (bicyclic) bond motifs is 1. The summed E-state index contributed by atoms with van der Waals surface area (Å²) in [5, 5.41) is 15.3. The molecular formula is C26H32N6O6. The van der Waals surface area contributed by atoms with Crippen molar-refractivity contribution in [2.45, 2.75) is 26.8 Å². The zero-order chi connectivity index (χ0) is 27.1. The largest absolute Gasteiger partial charge is 0.493 e. The van der Waals surface area contributed by atoms with E-state index in [0.29, 0.717) is 65.7 Å². The Kier molecular flexibility index (Phi) is 8.62. The minimum Gasteiger partial charge on any atom is -0.493 e. The number of rotatable bonds is 11. The number of anilines is 1. The Morgan fingerprint density at radius 1 is 1.05 bits per heavy atom. The van der Waals surface area contributed by atoms with E-state index in [9.17, 15) is 9.59 Å². The number of tetrazole rings is 1. The second kappa shape index (κ2) is 12.3. The summed E-state index contributed by atoms with van der Waals surface area (Å²) >= 11 is 0. The number of hydrogen-bond acceptors (Lipinski definition) is 9. The molecule has 0 bridgehead atoms. The number of nitrogens with one attached hydrogen (secondary N) is 1. The lowest BCUT2D eigenvalue weighted by Gasteiger charge is -2.25. The molecule has 2 aromatic carbocycles. The molecule has 1 aliphatic heterocycles. The summed E-state index contributed by atoms with van der Waals surface area (Å²) in [4.78, 5) is 28.7. The Balaban J connectivity index is 1.53. The minimum atomic E-state index is -0.392. The summed E-state index contributed by atoms with van der Waals surface area (Å²) in [6.45, 7) is 5.15. The van der Waals surface area contributed by atoms with Crippen LogP contribution in [0.3, 0.4) is 0 Å². The average Bonchev–Trinajstić information content (AvgIpc) is 3.39. The highest BCUT2D eigenvalue weighted by Crippen LogP contribution is 2.34. The van der Waals surface area contributed by atoms with Crippen molar-refractivity contribution in [2.75, 3.05) is 45.4 Å². The van der Waals surface area contributed by atoms with E-state index in [1.165, 1.54) is 16.8 Å². The van der Waals surface area contributed by atoms with Crippen molar-refractivity contribution in [3.8, 4) is 34.4 Å². The number of ether oxygens (including phenoxy) is 4. The highest BCUT2D eigenvalue weighted by atomic mass is 16.6. The van der Waals surface area contributed by atoms with Crippen molar-refractivity contribution in [3.05, 3.63) is 36.4 Å². The standard InChI is InChI=1S/C26H32N6O6/c1-17(2)9-10-27-24(33)15-31(19-6-8-21-23(14-19)38-12-11-37-21)25(34)16-32-29-26(28-30-32)18-5-7-20(35-3)22(13-18)36-4/h5-8,13-14,17H,9-12,15-16H2,1-4H3,(H,27,33). The molecule has 202 valence electrons. The molecule has 0 fully saturated rings. The van der Waals surface area contributed by atoms with E-state index in [-0.39, 0.29) is 19.0 Å². The van der Waals surface area contributed by atoms with Crippen LogP contribution in [-0.4, -0.2) is 72.5 Å². The van der Waals surface area contributed by atoms with Crippen LogP contribution in [0.4, 0.5) is 5.69 Å². The van der Waals surface area contributed by atoms with Crippen molar-refractivity contribution in [3.63, 3.8) is 0 Å². The zero-order valence-electron chi connectivity index (χ0n) is 22.0. The lowest BCUT2D eigenvalue weighted by atomic mass is 10.1. The number of nitrogens with zero attached hydrogens (tertiary/aromatic N) is 5. The molecule has 1 aliphatic rings. The van der Waals surface area contributed by atoms with Crippen molar-refractivity contribution in [1.82, 2.24) is 25.5 Å². The molecule has 3 aromatic rings.